The van der Waals surface area contributed by atoms with Crippen LogP contribution in [-0.4, -0.2) is 82.1 Å². The van der Waals surface area contributed by atoms with E-state index in [4.69, 9.17) is 9.47 Å². The zero-order chi connectivity index (χ0) is 29.4. The Morgan fingerprint density at radius 1 is 0.750 bits per heavy atom. The normalized spacial score (nSPS) is 23.2. The minimum atomic E-state index is -4.35. The minimum Gasteiger partial charge on any atom is -0.467 e. The summed E-state index contributed by atoms with van der Waals surface area (Å²) in [5, 5.41) is 5.00. The lowest BCUT2D eigenvalue weighted by molar-refractivity contribution is -0.145. The molecule has 216 valence electrons. The molecule has 1 heterocycles. The fourth-order valence-electron chi connectivity index (χ4n) is 4.55. The molecule has 2 amide bonds. The highest BCUT2D eigenvalue weighted by atomic mass is 32.2. The molecule has 2 aromatic carbocycles. The van der Waals surface area contributed by atoms with Gasteiger partial charge in [-0.05, 0) is 11.1 Å². The number of esters is 2. The highest BCUT2D eigenvalue weighted by Crippen LogP contribution is 2.42. The Hall–Kier alpha value is -3.07. The van der Waals surface area contributed by atoms with Crippen LogP contribution in [0.2, 0.25) is 0 Å². The molecule has 14 heteroatoms. The van der Waals surface area contributed by atoms with Crippen LogP contribution in [0.4, 0.5) is 0 Å². The van der Waals surface area contributed by atoms with E-state index in [1.54, 1.807) is 60.7 Å². The number of benzene rings is 2. The Morgan fingerprint density at radius 2 is 1.10 bits per heavy atom. The number of amides is 2. The predicted octanol–water partition coefficient (Wildman–Crippen LogP) is 0.399. The fourth-order valence-corrected chi connectivity index (χ4v) is 7.58. The van der Waals surface area contributed by atoms with Crippen molar-refractivity contribution in [2.24, 2.45) is 0 Å². The second-order valence-electron chi connectivity index (χ2n) is 8.91. The predicted molar refractivity (Wildman–Crippen MR) is 154 cm³/mol. The van der Waals surface area contributed by atoms with Crippen LogP contribution in [0.25, 0.3) is 0 Å². The van der Waals surface area contributed by atoms with E-state index in [1.807, 2.05) is 0 Å². The second-order valence-corrected chi connectivity index (χ2v) is 11.8. The maximum Gasteiger partial charge on any atom is 0.329 e. The number of carbonyl (C=O) groups is 4. The Labute approximate surface area is 243 Å². The number of carbonyl (C=O) groups excluding carboxylic acids is 4. The molecule has 0 aromatic heterocycles. The number of nitrogens with one attached hydrogen (secondary N) is 3. The Balaban J connectivity index is 2.15. The molecule has 6 unspecified atom stereocenters. The summed E-state index contributed by atoms with van der Waals surface area (Å²) in [7, 11) is -2.06. The summed E-state index contributed by atoms with van der Waals surface area (Å²) in [6.07, 6.45) is 0. The third-order valence-corrected chi connectivity index (χ3v) is 9.70. The first-order chi connectivity index (χ1) is 19.1. The van der Waals surface area contributed by atoms with Crippen molar-refractivity contribution in [3.8, 4) is 0 Å². The van der Waals surface area contributed by atoms with E-state index in [0.717, 1.165) is 14.2 Å². The monoisotopic (exact) mass is 609 g/mol. The van der Waals surface area contributed by atoms with Crippen molar-refractivity contribution < 1.29 is 37.1 Å². The Bertz CT molecular complexity index is 1220. The lowest BCUT2D eigenvalue weighted by Crippen LogP contribution is -2.66. The van der Waals surface area contributed by atoms with Crippen LogP contribution in [0.3, 0.4) is 0 Å². The van der Waals surface area contributed by atoms with Crippen molar-refractivity contribution in [3.63, 3.8) is 0 Å². The molecule has 0 saturated carbocycles. The van der Waals surface area contributed by atoms with Crippen LogP contribution in [0.5, 0.6) is 0 Å². The highest BCUT2D eigenvalue weighted by molar-refractivity contribution is 7.92. The maximum absolute atomic E-state index is 14.4. The van der Waals surface area contributed by atoms with Crippen LogP contribution in [0.15, 0.2) is 60.7 Å². The lowest BCUT2D eigenvalue weighted by Gasteiger charge is -2.41. The summed E-state index contributed by atoms with van der Waals surface area (Å²) in [6.45, 7) is 0. The van der Waals surface area contributed by atoms with Crippen molar-refractivity contribution in [3.05, 3.63) is 71.8 Å². The SMILES string of the molecule is COC(=O)C(CS)NC(=O)C1NC(C(=O)NC(CS)C(=O)OC)C(c2ccccc2)S(=O)(=O)C1c1ccccc1. The molecular weight excluding hydrogens is 579 g/mol. The number of thiol groups is 2. The number of ether oxygens (including phenoxy) is 2. The van der Waals surface area contributed by atoms with Gasteiger partial charge in [0, 0.05) is 11.5 Å². The van der Waals surface area contributed by atoms with Gasteiger partial charge in [-0.3, -0.25) is 14.9 Å². The molecule has 0 spiro atoms. The van der Waals surface area contributed by atoms with E-state index >= 15 is 0 Å². The summed E-state index contributed by atoms with van der Waals surface area (Å²) in [6, 6.07) is 10.8. The summed E-state index contributed by atoms with van der Waals surface area (Å²) >= 11 is 8.19. The average molecular weight is 610 g/mol. The van der Waals surface area contributed by atoms with Crippen molar-refractivity contribution in [1.82, 2.24) is 16.0 Å². The van der Waals surface area contributed by atoms with Crippen LogP contribution >= 0.6 is 25.3 Å². The summed E-state index contributed by atoms with van der Waals surface area (Å²) < 4.78 is 38.3. The van der Waals surface area contributed by atoms with Crippen LogP contribution in [0, 0.1) is 0 Å². The molecule has 0 bridgehead atoms. The Morgan fingerprint density at radius 3 is 1.40 bits per heavy atom. The molecule has 40 heavy (non-hydrogen) atoms. The first kappa shape index (κ1) is 31.5. The molecule has 0 aliphatic carbocycles. The van der Waals surface area contributed by atoms with Crippen molar-refractivity contribution >= 4 is 58.8 Å². The molecular formula is C26H31N3O8S3. The van der Waals surface area contributed by atoms with Gasteiger partial charge in [-0.25, -0.2) is 18.0 Å². The summed E-state index contributed by atoms with van der Waals surface area (Å²) in [4.78, 5) is 51.5. The molecule has 11 nitrogen and oxygen atoms in total. The molecule has 1 aliphatic rings. The van der Waals surface area contributed by atoms with Gasteiger partial charge in [-0.1, -0.05) is 60.7 Å². The zero-order valence-electron chi connectivity index (χ0n) is 21.7. The molecule has 1 fully saturated rings. The van der Waals surface area contributed by atoms with Gasteiger partial charge in [0.25, 0.3) is 0 Å². The van der Waals surface area contributed by atoms with Crippen LogP contribution in [-0.2, 0) is 38.5 Å². The lowest BCUT2D eigenvalue weighted by atomic mass is 9.98. The topological polar surface area (TPSA) is 157 Å². The minimum absolute atomic E-state index is 0.118. The standard InChI is InChI=1S/C26H31N3O8S3/c1-36-25(32)17(13-38)27-23(30)19-21(15-9-5-3-6-10-15)40(34,35)22(16-11-7-4-8-12-16)20(29-19)24(31)28-18(14-39)26(33)37-2/h3-12,17-22,29,38-39H,13-14H2,1-2H3,(H,27,30)(H,28,31). The maximum atomic E-state index is 14.4. The Kier molecular flexibility index (Phi) is 11.0. The van der Waals surface area contributed by atoms with Gasteiger partial charge in [0.05, 0.1) is 14.2 Å². The molecule has 3 rings (SSSR count). The number of methoxy groups -OCH3 is 2. The van der Waals surface area contributed by atoms with Gasteiger partial charge in [0.15, 0.2) is 9.84 Å². The summed E-state index contributed by atoms with van der Waals surface area (Å²) in [5.41, 5.74) is 0.608. The first-order valence-electron chi connectivity index (χ1n) is 12.2. The molecule has 1 saturated heterocycles. The number of hydrogen-bond acceptors (Lipinski definition) is 11. The average Bonchev–Trinajstić information content (AvgIpc) is 2.97. The highest BCUT2D eigenvalue weighted by Gasteiger charge is 2.54. The quantitative estimate of drug-likeness (QED) is 0.190. The molecule has 1 aliphatic heterocycles. The molecule has 0 radical (unpaired) electrons. The molecule has 6 atom stereocenters. The van der Waals surface area contributed by atoms with Gasteiger partial charge >= 0.3 is 11.9 Å². The van der Waals surface area contributed by atoms with E-state index in [2.05, 4.69) is 41.2 Å². The fraction of sp³-hybridized carbons (Fsp3) is 0.385. The van der Waals surface area contributed by atoms with E-state index in [9.17, 15) is 27.6 Å². The van der Waals surface area contributed by atoms with Gasteiger partial charge in [0.1, 0.15) is 34.7 Å². The number of rotatable bonds is 10. The number of hydrogen-bond donors (Lipinski definition) is 5. The first-order valence-corrected chi connectivity index (χ1v) is 15.0. The largest absolute Gasteiger partial charge is 0.467 e. The van der Waals surface area contributed by atoms with Crippen LogP contribution in [0.1, 0.15) is 21.6 Å². The van der Waals surface area contributed by atoms with Crippen molar-refractivity contribution in [2.75, 3.05) is 25.7 Å². The molecule has 2 aromatic rings. The van der Waals surface area contributed by atoms with Gasteiger partial charge in [-0.15, -0.1) is 0 Å². The van der Waals surface area contributed by atoms with Gasteiger partial charge in [-0.2, -0.15) is 25.3 Å². The molecule has 3 N–H and O–H groups in total. The van der Waals surface area contributed by atoms with Gasteiger partial charge < -0.3 is 20.1 Å². The van der Waals surface area contributed by atoms with Gasteiger partial charge in [0.2, 0.25) is 11.8 Å². The second kappa shape index (κ2) is 14.0. The van der Waals surface area contributed by atoms with E-state index in [0.29, 0.717) is 11.1 Å². The number of sulfone groups is 1. The van der Waals surface area contributed by atoms with E-state index < -0.39 is 68.3 Å². The summed E-state index contributed by atoms with van der Waals surface area (Å²) in [5.74, 6) is -3.50. The third-order valence-electron chi connectivity index (χ3n) is 6.46. The van der Waals surface area contributed by atoms with E-state index in [-0.39, 0.29) is 11.5 Å². The van der Waals surface area contributed by atoms with Crippen molar-refractivity contribution in [1.29, 1.82) is 0 Å². The zero-order valence-corrected chi connectivity index (χ0v) is 24.3. The van der Waals surface area contributed by atoms with Crippen molar-refractivity contribution in [2.45, 2.75) is 34.7 Å². The van der Waals surface area contributed by atoms with Crippen LogP contribution < -0.4 is 16.0 Å². The third kappa shape index (κ3) is 6.79. The van der Waals surface area contributed by atoms with E-state index in [1.165, 1.54) is 0 Å². The smallest absolute Gasteiger partial charge is 0.329 e.